The Bertz CT molecular complexity index is 402. The van der Waals surface area contributed by atoms with E-state index in [1.165, 1.54) is 0 Å². The lowest BCUT2D eigenvalue weighted by molar-refractivity contribution is -0.138. The van der Waals surface area contributed by atoms with Crippen LogP contribution in [0.2, 0.25) is 0 Å². The molecule has 0 aliphatic rings. The molecule has 17 heavy (non-hydrogen) atoms. The van der Waals surface area contributed by atoms with Gasteiger partial charge in [-0.25, -0.2) is 0 Å². The molecule has 0 amide bonds. The average Bonchev–Trinajstić information content (AvgIpc) is 2.27. The van der Waals surface area contributed by atoms with Crippen LogP contribution in [0.5, 0.6) is 5.75 Å². The summed E-state index contributed by atoms with van der Waals surface area (Å²) in [5, 5.41) is 8.99. The molecule has 0 aliphatic heterocycles. The van der Waals surface area contributed by atoms with Gasteiger partial charge in [-0.15, -0.1) is 0 Å². The fourth-order valence-electron chi connectivity index (χ4n) is 1.67. The molecule has 1 aromatic rings. The van der Waals surface area contributed by atoms with Gasteiger partial charge in [-0.05, 0) is 38.7 Å². The zero-order chi connectivity index (χ0) is 13.0. The molecule has 0 aromatic heterocycles. The van der Waals surface area contributed by atoms with Crippen molar-refractivity contribution in [2.75, 3.05) is 21.2 Å². The van der Waals surface area contributed by atoms with E-state index >= 15 is 0 Å². The van der Waals surface area contributed by atoms with Gasteiger partial charge in [0.25, 0.3) is 0 Å². The molecular weight excluding hydrogens is 218 g/mol. The molecule has 1 N–H and O–H groups in total. The van der Waals surface area contributed by atoms with Crippen molar-refractivity contribution in [2.45, 2.75) is 19.4 Å². The number of carboxylic acid groups (broad SMARTS) is 1. The lowest BCUT2D eigenvalue weighted by Gasteiger charge is -2.16. The number of ether oxygens (including phenoxy) is 1. The van der Waals surface area contributed by atoms with Crippen LogP contribution in [0.25, 0.3) is 0 Å². The van der Waals surface area contributed by atoms with Crippen LogP contribution in [-0.4, -0.2) is 37.2 Å². The van der Waals surface area contributed by atoms with Crippen LogP contribution in [0.4, 0.5) is 0 Å². The predicted molar refractivity (Wildman–Crippen MR) is 66.4 cm³/mol. The van der Waals surface area contributed by atoms with Crippen molar-refractivity contribution in [3.63, 3.8) is 0 Å². The van der Waals surface area contributed by atoms with E-state index in [1.54, 1.807) is 20.1 Å². The first-order valence-electron chi connectivity index (χ1n) is 5.50. The second-order valence-electron chi connectivity index (χ2n) is 4.37. The molecule has 0 saturated carbocycles. The number of nitrogens with zero attached hydrogens (tertiary/aromatic N) is 1. The summed E-state index contributed by atoms with van der Waals surface area (Å²) in [7, 11) is 5.55. The lowest BCUT2D eigenvalue weighted by Crippen LogP contribution is -2.13. The normalized spacial score (nSPS) is 12.5. The highest BCUT2D eigenvalue weighted by molar-refractivity contribution is 5.75. The molecule has 0 saturated heterocycles. The van der Waals surface area contributed by atoms with Gasteiger partial charge in [0.15, 0.2) is 0 Å². The van der Waals surface area contributed by atoms with Crippen LogP contribution in [0.15, 0.2) is 18.2 Å². The Morgan fingerprint density at radius 3 is 2.59 bits per heavy atom. The van der Waals surface area contributed by atoms with Crippen LogP contribution in [0, 0.1) is 0 Å². The van der Waals surface area contributed by atoms with Crippen molar-refractivity contribution in [1.29, 1.82) is 0 Å². The lowest BCUT2D eigenvalue weighted by atomic mass is 9.98. The number of methoxy groups -OCH3 is 1. The third-order valence-corrected chi connectivity index (χ3v) is 2.66. The maximum absolute atomic E-state index is 10.9. The summed E-state index contributed by atoms with van der Waals surface area (Å²) in [5.41, 5.74) is 1.80. The average molecular weight is 237 g/mol. The van der Waals surface area contributed by atoms with E-state index in [4.69, 9.17) is 9.84 Å². The van der Waals surface area contributed by atoms with Gasteiger partial charge in [-0.3, -0.25) is 4.79 Å². The molecule has 0 fully saturated rings. The molecule has 0 radical (unpaired) electrons. The Morgan fingerprint density at radius 2 is 2.12 bits per heavy atom. The molecule has 0 bridgehead atoms. The Labute approximate surface area is 102 Å². The molecule has 1 atom stereocenters. The molecular formula is C13H19NO3. The van der Waals surface area contributed by atoms with Crippen molar-refractivity contribution in [3.8, 4) is 5.75 Å². The Kier molecular flexibility index (Phi) is 4.52. The summed E-state index contributed by atoms with van der Waals surface area (Å²) in [6, 6.07) is 5.53. The SMILES string of the molecule is COc1ccc(C(C)C(=O)O)cc1CN(C)C. The van der Waals surface area contributed by atoms with Gasteiger partial charge in [0.1, 0.15) is 5.75 Å². The summed E-state index contributed by atoms with van der Waals surface area (Å²) in [5.74, 6) is -0.521. The molecule has 0 heterocycles. The summed E-state index contributed by atoms with van der Waals surface area (Å²) in [6.07, 6.45) is 0. The van der Waals surface area contributed by atoms with Gasteiger partial charge < -0.3 is 14.7 Å². The van der Waals surface area contributed by atoms with E-state index in [0.717, 1.165) is 23.4 Å². The van der Waals surface area contributed by atoms with Crippen molar-refractivity contribution in [1.82, 2.24) is 4.90 Å². The van der Waals surface area contributed by atoms with Gasteiger partial charge >= 0.3 is 5.97 Å². The van der Waals surface area contributed by atoms with Crippen LogP contribution in [0.1, 0.15) is 24.0 Å². The Hall–Kier alpha value is -1.55. The zero-order valence-corrected chi connectivity index (χ0v) is 10.7. The zero-order valence-electron chi connectivity index (χ0n) is 10.7. The number of hydrogen-bond donors (Lipinski definition) is 1. The molecule has 1 rings (SSSR count). The van der Waals surface area contributed by atoms with Gasteiger partial charge in [0.2, 0.25) is 0 Å². The van der Waals surface area contributed by atoms with Crippen molar-refractivity contribution < 1.29 is 14.6 Å². The van der Waals surface area contributed by atoms with E-state index in [2.05, 4.69) is 0 Å². The first-order chi connectivity index (χ1) is 7.95. The standard InChI is InChI=1S/C13H19NO3/c1-9(13(15)16)10-5-6-12(17-4)11(7-10)8-14(2)3/h5-7,9H,8H2,1-4H3,(H,15,16). The van der Waals surface area contributed by atoms with Gasteiger partial charge in [0, 0.05) is 12.1 Å². The number of aliphatic carboxylic acids is 1. The minimum Gasteiger partial charge on any atom is -0.496 e. The molecule has 94 valence electrons. The first kappa shape index (κ1) is 13.5. The fraction of sp³-hybridized carbons (Fsp3) is 0.462. The number of hydrogen-bond acceptors (Lipinski definition) is 3. The predicted octanol–water partition coefficient (Wildman–Crippen LogP) is 1.94. The number of carbonyl (C=O) groups is 1. The van der Waals surface area contributed by atoms with Crippen molar-refractivity contribution in [3.05, 3.63) is 29.3 Å². The van der Waals surface area contributed by atoms with Gasteiger partial charge in [-0.2, -0.15) is 0 Å². The van der Waals surface area contributed by atoms with Crippen molar-refractivity contribution in [2.24, 2.45) is 0 Å². The largest absolute Gasteiger partial charge is 0.496 e. The minimum absolute atomic E-state index is 0.498. The molecule has 1 unspecified atom stereocenters. The van der Waals surface area contributed by atoms with Crippen LogP contribution >= 0.6 is 0 Å². The van der Waals surface area contributed by atoms with Crippen molar-refractivity contribution >= 4 is 5.97 Å². The maximum Gasteiger partial charge on any atom is 0.310 e. The molecule has 1 aromatic carbocycles. The van der Waals surface area contributed by atoms with E-state index in [0.29, 0.717) is 0 Å². The third-order valence-electron chi connectivity index (χ3n) is 2.66. The summed E-state index contributed by atoms with van der Waals surface area (Å²) in [4.78, 5) is 13.0. The highest BCUT2D eigenvalue weighted by Gasteiger charge is 2.15. The summed E-state index contributed by atoms with van der Waals surface area (Å²) in [6.45, 7) is 2.41. The van der Waals surface area contributed by atoms with E-state index in [9.17, 15) is 4.79 Å². The smallest absolute Gasteiger partial charge is 0.310 e. The first-order valence-corrected chi connectivity index (χ1v) is 5.50. The van der Waals surface area contributed by atoms with Gasteiger partial charge in [-0.1, -0.05) is 6.07 Å². The quantitative estimate of drug-likeness (QED) is 0.850. The molecule has 4 nitrogen and oxygen atoms in total. The monoisotopic (exact) mass is 237 g/mol. The number of benzene rings is 1. The Morgan fingerprint density at radius 1 is 1.47 bits per heavy atom. The van der Waals surface area contributed by atoms with Crippen LogP contribution < -0.4 is 4.74 Å². The molecule has 4 heteroatoms. The van der Waals surface area contributed by atoms with Crippen LogP contribution in [0.3, 0.4) is 0 Å². The van der Waals surface area contributed by atoms with Crippen LogP contribution in [-0.2, 0) is 11.3 Å². The van der Waals surface area contributed by atoms with E-state index in [1.807, 2.05) is 31.1 Å². The maximum atomic E-state index is 10.9. The molecule has 0 aliphatic carbocycles. The second kappa shape index (κ2) is 5.68. The fourth-order valence-corrected chi connectivity index (χ4v) is 1.67. The van der Waals surface area contributed by atoms with E-state index in [-0.39, 0.29) is 0 Å². The third kappa shape index (κ3) is 3.46. The Balaban J connectivity index is 3.08. The highest BCUT2D eigenvalue weighted by atomic mass is 16.5. The number of carboxylic acids is 1. The van der Waals surface area contributed by atoms with Gasteiger partial charge in [0.05, 0.1) is 13.0 Å². The summed E-state index contributed by atoms with van der Waals surface area (Å²) < 4.78 is 5.27. The second-order valence-corrected chi connectivity index (χ2v) is 4.37. The van der Waals surface area contributed by atoms with E-state index < -0.39 is 11.9 Å². The number of rotatable bonds is 5. The summed E-state index contributed by atoms with van der Waals surface area (Å²) >= 11 is 0. The minimum atomic E-state index is -0.814. The topological polar surface area (TPSA) is 49.8 Å². The molecule has 0 spiro atoms. The highest BCUT2D eigenvalue weighted by Crippen LogP contribution is 2.25.